The summed E-state index contributed by atoms with van der Waals surface area (Å²) in [5.41, 5.74) is 1.24. The Bertz CT molecular complexity index is 606. The quantitative estimate of drug-likeness (QED) is 0.621. The summed E-state index contributed by atoms with van der Waals surface area (Å²) in [6.45, 7) is 0. The molecule has 0 aliphatic rings. The van der Waals surface area contributed by atoms with Gasteiger partial charge in [0.25, 0.3) is 0 Å². The molecule has 0 N–H and O–H groups in total. The second-order valence-corrected chi connectivity index (χ2v) is 5.01. The Morgan fingerprint density at radius 1 is 0.900 bits per heavy atom. The number of methoxy groups -OCH3 is 2. The van der Waals surface area contributed by atoms with Gasteiger partial charge in [-0.3, -0.25) is 4.79 Å². The maximum absolute atomic E-state index is 12.4. The number of hydrogen-bond donors (Lipinski definition) is 0. The van der Waals surface area contributed by atoms with Crippen molar-refractivity contribution in [3.63, 3.8) is 0 Å². The lowest BCUT2D eigenvalue weighted by molar-refractivity contribution is 0.103. The normalized spacial score (nSPS) is 10.2. The molecule has 0 aliphatic heterocycles. The Kier molecular flexibility index (Phi) is 4.69. The molecule has 0 radical (unpaired) electrons. The Hall–Kier alpha value is -1.94. The van der Waals surface area contributed by atoms with E-state index in [1.54, 1.807) is 44.2 Å². The van der Waals surface area contributed by atoms with Crippen molar-refractivity contribution >= 4 is 17.5 Å². The highest BCUT2D eigenvalue weighted by Gasteiger charge is 2.12. The van der Waals surface area contributed by atoms with Gasteiger partial charge in [-0.1, -0.05) is 0 Å². The topological polar surface area (TPSA) is 35.5 Å². The lowest BCUT2D eigenvalue weighted by atomic mass is 10.0. The zero-order valence-electron chi connectivity index (χ0n) is 11.7. The molecule has 20 heavy (non-hydrogen) atoms. The zero-order valence-corrected chi connectivity index (χ0v) is 12.5. The molecule has 0 amide bonds. The van der Waals surface area contributed by atoms with E-state index in [2.05, 4.69) is 0 Å². The van der Waals surface area contributed by atoms with Crippen molar-refractivity contribution in [3.05, 3.63) is 53.6 Å². The lowest BCUT2D eigenvalue weighted by Crippen LogP contribution is -2.02. The number of carbonyl (C=O) groups is 1. The smallest absolute Gasteiger partial charge is 0.193 e. The molecular formula is C16H16O3S. The summed E-state index contributed by atoms with van der Waals surface area (Å²) in [6.07, 6.45) is 2.01. The van der Waals surface area contributed by atoms with Crippen LogP contribution in [0.5, 0.6) is 11.5 Å². The van der Waals surface area contributed by atoms with Crippen LogP contribution in [0.3, 0.4) is 0 Å². The maximum atomic E-state index is 12.4. The summed E-state index contributed by atoms with van der Waals surface area (Å²) >= 11 is 1.65. The van der Waals surface area contributed by atoms with Gasteiger partial charge in [0.05, 0.1) is 14.2 Å². The van der Waals surface area contributed by atoms with Crippen LogP contribution in [0.1, 0.15) is 15.9 Å². The molecule has 0 saturated carbocycles. The first kappa shape index (κ1) is 14.5. The predicted molar refractivity (Wildman–Crippen MR) is 81.2 cm³/mol. The first-order valence-corrected chi connectivity index (χ1v) is 7.33. The van der Waals surface area contributed by atoms with Crippen molar-refractivity contribution in [1.29, 1.82) is 0 Å². The van der Waals surface area contributed by atoms with Crippen molar-refractivity contribution in [1.82, 2.24) is 0 Å². The van der Waals surface area contributed by atoms with Gasteiger partial charge in [0.2, 0.25) is 0 Å². The van der Waals surface area contributed by atoms with E-state index in [-0.39, 0.29) is 5.78 Å². The SMILES string of the molecule is COc1ccc(C(=O)c2ccc(SC)cc2)cc1OC. The summed E-state index contributed by atoms with van der Waals surface area (Å²) in [5, 5.41) is 0. The van der Waals surface area contributed by atoms with Gasteiger partial charge < -0.3 is 9.47 Å². The molecule has 2 rings (SSSR count). The van der Waals surface area contributed by atoms with Gasteiger partial charge in [-0.15, -0.1) is 11.8 Å². The highest BCUT2D eigenvalue weighted by atomic mass is 32.2. The second kappa shape index (κ2) is 6.48. The molecule has 0 aromatic heterocycles. The number of hydrogen-bond acceptors (Lipinski definition) is 4. The number of rotatable bonds is 5. The largest absolute Gasteiger partial charge is 0.493 e. The van der Waals surface area contributed by atoms with Crippen molar-refractivity contribution in [2.45, 2.75) is 4.90 Å². The van der Waals surface area contributed by atoms with E-state index in [9.17, 15) is 4.79 Å². The van der Waals surface area contributed by atoms with Gasteiger partial charge in [0.15, 0.2) is 17.3 Å². The van der Waals surface area contributed by atoms with Crippen LogP contribution < -0.4 is 9.47 Å². The average molecular weight is 288 g/mol. The van der Waals surface area contributed by atoms with Gasteiger partial charge in [0.1, 0.15) is 0 Å². The molecule has 2 aromatic carbocycles. The standard InChI is InChI=1S/C16H16O3S/c1-18-14-9-6-12(10-15(14)19-2)16(17)11-4-7-13(20-3)8-5-11/h4-10H,1-3H3. The van der Waals surface area contributed by atoms with E-state index >= 15 is 0 Å². The predicted octanol–water partition coefficient (Wildman–Crippen LogP) is 3.66. The van der Waals surface area contributed by atoms with Crippen molar-refractivity contribution in [3.8, 4) is 11.5 Å². The van der Waals surface area contributed by atoms with Crippen molar-refractivity contribution < 1.29 is 14.3 Å². The Balaban J connectivity index is 2.32. The number of benzene rings is 2. The van der Waals surface area contributed by atoms with Crippen LogP contribution in [-0.4, -0.2) is 26.3 Å². The van der Waals surface area contributed by atoms with E-state index < -0.39 is 0 Å². The van der Waals surface area contributed by atoms with Gasteiger partial charge in [0, 0.05) is 16.0 Å². The average Bonchev–Trinajstić information content (AvgIpc) is 2.53. The minimum atomic E-state index is -0.0291. The molecule has 104 valence electrons. The van der Waals surface area contributed by atoms with Crippen LogP contribution in [-0.2, 0) is 0 Å². The fraction of sp³-hybridized carbons (Fsp3) is 0.188. The molecule has 0 heterocycles. The highest BCUT2D eigenvalue weighted by Crippen LogP contribution is 2.28. The Labute approximate surface area is 122 Å². The molecule has 0 saturated heterocycles. The van der Waals surface area contributed by atoms with Gasteiger partial charge in [-0.05, 0) is 48.7 Å². The van der Waals surface area contributed by atoms with Crippen LogP contribution in [0.4, 0.5) is 0 Å². The van der Waals surface area contributed by atoms with Crippen LogP contribution in [0.2, 0.25) is 0 Å². The zero-order chi connectivity index (χ0) is 14.5. The van der Waals surface area contributed by atoms with Gasteiger partial charge >= 0.3 is 0 Å². The second-order valence-electron chi connectivity index (χ2n) is 4.13. The molecule has 2 aromatic rings. The third-order valence-electron chi connectivity index (χ3n) is 3.00. The van der Waals surface area contributed by atoms with E-state index in [4.69, 9.17) is 9.47 Å². The molecule has 0 aliphatic carbocycles. The summed E-state index contributed by atoms with van der Waals surface area (Å²) < 4.78 is 10.4. The monoisotopic (exact) mass is 288 g/mol. The fourth-order valence-corrected chi connectivity index (χ4v) is 2.29. The molecule has 0 unspecified atom stereocenters. The Morgan fingerprint density at radius 3 is 2.05 bits per heavy atom. The maximum Gasteiger partial charge on any atom is 0.193 e. The van der Waals surface area contributed by atoms with E-state index in [0.29, 0.717) is 22.6 Å². The van der Waals surface area contributed by atoms with Crippen LogP contribution in [0.25, 0.3) is 0 Å². The summed E-state index contributed by atoms with van der Waals surface area (Å²) in [7, 11) is 3.12. The molecular weight excluding hydrogens is 272 g/mol. The molecule has 0 atom stereocenters. The summed E-state index contributed by atoms with van der Waals surface area (Å²) in [4.78, 5) is 13.5. The Morgan fingerprint density at radius 2 is 1.50 bits per heavy atom. The van der Waals surface area contributed by atoms with E-state index in [1.165, 1.54) is 0 Å². The van der Waals surface area contributed by atoms with E-state index in [1.807, 2.05) is 30.5 Å². The molecule has 0 fully saturated rings. The minimum Gasteiger partial charge on any atom is -0.493 e. The number of ether oxygens (including phenoxy) is 2. The van der Waals surface area contributed by atoms with Crippen LogP contribution >= 0.6 is 11.8 Å². The molecule has 3 nitrogen and oxygen atoms in total. The van der Waals surface area contributed by atoms with Crippen molar-refractivity contribution in [2.75, 3.05) is 20.5 Å². The summed E-state index contributed by atoms with van der Waals surface area (Å²) in [6, 6.07) is 12.7. The number of carbonyl (C=O) groups excluding carboxylic acids is 1. The summed E-state index contributed by atoms with van der Waals surface area (Å²) in [5.74, 6) is 1.14. The van der Waals surface area contributed by atoms with Gasteiger partial charge in [-0.25, -0.2) is 0 Å². The van der Waals surface area contributed by atoms with Gasteiger partial charge in [-0.2, -0.15) is 0 Å². The first-order valence-electron chi connectivity index (χ1n) is 6.10. The number of ketones is 1. The third-order valence-corrected chi connectivity index (χ3v) is 3.74. The van der Waals surface area contributed by atoms with Crippen LogP contribution in [0, 0.1) is 0 Å². The van der Waals surface area contributed by atoms with E-state index in [0.717, 1.165) is 4.90 Å². The highest BCUT2D eigenvalue weighted by molar-refractivity contribution is 7.98. The fourth-order valence-electron chi connectivity index (χ4n) is 1.89. The lowest BCUT2D eigenvalue weighted by Gasteiger charge is -2.09. The minimum absolute atomic E-state index is 0.0291. The third kappa shape index (κ3) is 2.96. The molecule has 4 heteroatoms. The first-order chi connectivity index (χ1) is 9.69. The van der Waals surface area contributed by atoms with Crippen LogP contribution in [0.15, 0.2) is 47.4 Å². The molecule has 0 spiro atoms. The molecule has 0 bridgehead atoms. The number of thioether (sulfide) groups is 1. The van der Waals surface area contributed by atoms with Crippen molar-refractivity contribution in [2.24, 2.45) is 0 Å².